The molecule has 1 aromatic heterocycles. The highest BCUT2D eigenvalue weighted by Gasteiger charge is 2.25. The van der Waals surface area contributed by atoms with E-state index in [0.29, 0.717) is 6.54 Å². The maximum atomic E-state index is 11.6. The maximum absolute atomic E-state index is 11.6. The molecular formula is C11H15N3O3. The summed E-state index contributed by atoms with van der Waals surface area (Å²) in [6, 6.07) is 0. The van der Waals surface area contributed by atoms with E-state index in [-0.39, 0.29) is 29.2 Å². The number of aromatic amines is 1. The highest BCUT2D eigenvalue weighted by molar-refractivity contribution is 5.91. The van der Waals surface area contributed by atoms with Gasteiger partial charge in [-0.2, -0.15) is 0 Å². The van der Waals surface area contributed by atoms with Crippen LogP contribution in [0.5, 0.6) is 0 Å². The topological polar surface area (TPSA) is 95.1 Å². The zero-order valence-corrected chi connectivity index (χ0v) is 9.35. The van der Waals surface area contributed by atoms with Gasteiger partial charge in [0.25, 0.3) is 11.5 Å². The van der Waals surface area contributed by atoms with E-state index < -0.39 is 0 Å². The summed E-state index contributed by atoms with van der Waals surface area (Å²) in [7, 11) is 0. The molecule has 2 atom stereocenters. The van der Waals surface area contributed by atoms with Crippen LogP contribution in [0, 0.1) is 5.92 Å². The largest absolute Gasteiger partial charge is 0.393 e. The second-order valence-electron chi connectivity index (χ2n) is 4.26. The molecule has 17 heavy (non-hydrogen) atoms. The van der Waals surface area contributed by atoms with E-state index in [9.17, 15) is 14.7 Å². The monoisotopic (exact) mass is 237 g/mol. The van der Waals surface area contributed by atoms with Crippen molar-refractivity contribution in [1.82, 2.24) is 15.3 Å². The fraction of sp³-hybridized carbons (Fsp3) is 0.545. The zero-order valence-electron chi connectivity index (χ0n) is 9.35. The van der Waals surface area contributed by atoms with Crippen LogP contribution in [-0.4, -0.2) is 33.6 Å². The summed E-state index contributed by atoms with van der Waals surface area (Å²) in [4.78, 5) is 28.5. The number of carbonyl (C=O) groups excluding carboxylic acids is 1. The molecule has 0 aromatic carbocycles. The van der Waals surface area contributed by atoms with E-state index >= 15 is 0 Å². The van der Waals surface area contributed by atoms with Crippen LogP contribution in [0.4, 0.5) is 0 Å². The van der Waals surface area contributed by atoms with E-state index in [1.165, 1.54) is 6.20 Å². The third kappa shape index (κ3) is 2.91. The molecule has 1 heterocycles. The molecule has 0 saturated heterocycles. The number of aliphatic hydroxyl groups excluding tert-OH is 1. The molecule has 1 fully saturated rings. The van der Waals surface area contributed by atoms with Gasteiger partial charge in [-0.1, -0.05) is 6.42 Å². The van der Waals surface area contributed by atoms with Gasteiger partial charge in [0.15, 0.2) is 0 Å². The summed E-state index contributed by atoms with van der Waals surface area (Å²) >= 11 is 0. The van der Waals surface area contributed by atoms with E-state index in [1.807, 2.05) is 0 Å². The van der Waals surface area contributed by atoms with Gasteiger partial charge in [0.1, 0.15) is 5.69 Å². The lowest BCUT2D eigenvalue weighted by molar-refractivity contribution is 0.0911. The van der Waals surface area contributed by atoms with Crippen LogP contribution in [0.1, 0.15) is 29.8 Å². The minimum absolute atomic E-state index is 0.127. The number of amides is 1. The summed E-state index contributed by atoms with van der Waals surface area (Å²) in [6.45, 7) is 0.445. The molecule has 3 N–H and O–H groups in total. The first-order valence-electron chi connectivity index (χ1n) is 5.68. The number of nitrogens with one attached hydrogen (secondary N) is 2. The Morgan fingerprint density at radius 3 is 3.00 bits per heavy atom. The molecule has 6 heteroatoms. The first-order chi connectivity index (χ1) is 8.16. The number of aliphatic hydroxyl groups is 1. The number of rotatable bonds is 3. The molecule has 0 spiro atoms. The molecule has 1 aliphatic carbocycles. The van der Waals surface area contributed by atoms with E-state index in [4.69, 9.17) is 0 Å². The zero-order chi connectivity index (χ0) is 12.3. The minimum Gasteiger partial charge on any atom is -0.393 e. The van der Waals surface area contributed by atoms with Gasteiger partial charge in [-0.15, -0.1) is 0 Å². The average Bonchev–Trinajstić information content (AvgIpc) is 2.73. The predicted molar refractivity (Wildman–Crippen MR) is 60.5 cm³/mol. The van der Waals surface area contributed by atoms with Crippen molar-refractivity contribution in [1.29, 1.82) is 0 Å². The smallest absolute Gasteiger partial charge is 0.271 e. The van der Waals surface area contributed by atoms with Crippen LogP contribution in [0.15, 0.2) is 17.2 Å². The highest BCUT2D eigenvalue weighted by Crippen LogP contribution is 2.24. The van der Waals surface area contributed by atoms with Crippen molar-refractivity contribution in [2.75, 3.05) is 6.54 Å². The van der Waals surface area contributed by atoms with Gasteiger partial charge >= 0.3 is 0 Å². The van der Waals surface area contributed by atoms with Crippen LogP contribution in [0.2, 0.25) is 0 Å². The van der Waals surface area contributed by atoms with E-state index in [2.05, 4.69) is 15.3 Å². The van der Waals surface area contributed by atoms with Gasteiger partial charge in [-0.25, -0.2) is 4.98 Å². The van der Waals surface area contributed by atoms with E-state index in [0.717, 1.165) is 25.5 Å². The molecule has 0 radical (unpaired) electrons. The van der Waals surface area contributed by atoms with Crippen molar-refractivity contribution >= 4 is 5.91 Å². The van der Waals surface area contributed by atoms with Gasteiger partial charge in [0.2, 0.25) is 0 Å². The third-order valence-corrected chi connectivity index (χ3v) is 3.05. The fourth-order valence-electron chi connectivity index (χ4n) is 2.04. The lowest BCUT2D eigenvalue weighted by Gasteiger charge is -2.14. The molecule has 2 unspecified atom stereocenters. The standard InChI is InChI=1S/C11H15N3O3/c15-9-3-1-2-7(9)4-14-11(17)8-5-13-10(16)6-12-8/h5-7,9,15H,1-4H2,(H,13,16)(H,14,17). The molecule has 1 aliphatic rings. The van der Waals surface area contributed by atoms with Crippen molar-refractivity contribution in [2.24, 2.45) is 5.92 Å². The van der Waals surface area contributed by atoms with Crippen LogP contribution < -0.4 is 10.9 Å². The summed E-state index contributed by atoms with van der Waals surface area (Å²) in [5, 5.41) is 12.3. The number of H-pyrrole nitrogens is 1. The molecule has 0 bridgehead atoms. The summed E-state index contributed by atoms with van der Waals surface area (Å²) in [6.07, 6.45) is 4.76. The van der Waals surface area contributed by atoms with Gasteiger partial charge in [-0.3, -0.25) is 9.59 Å². The molecule has 1 amide bonds. The second-order valence-corrected chi connectivity index (χ2v) is 4.26. The average molecular weight is 237 g/mol. The first kappa shape index (κ1) is 11.8. The molecule has 1 aromatic rings. The van der Waals surface area contributed by atoms with Gasteiger partial charge in [0.05, 0.1) is 12.3 Å². The summed E-state index contributed by atoms with van der Waals surface area (Å²) < 4.78 is 0. The normalized spacial score (nSPS) is 23.6. The van der Waals surface area contributed by atoms with Crippen molar-refractivity contribution in [2.45, 2.75) is 25.4 Å². The quantitative estimate of drug-likeness (QED) is 0.670. The van der Waals surface area contributed by atoms with E-state index in [1.54, 1.807) is 0 Å². The lowest BCUT2D eigenvalue weighted by Crippen LogP contribution is -2.33. The number of carbonyl (C=O) groups is 1. The van der Waals surface area contributed by atoms with Crippen molar-refractivity contribution in [3.05, 3.63) is 28.4 Å². The van der Waals surface area contributed by atoms with Crippen LogP contribution in [0.25, 0.3) is 0 Å². The SMILES string of the molecule is O=C(NCC1CCCC1O)c1c[nH]c(=O)cn1. The van der Waals surface area contributed by atoms with Crippen molar-refractivity contribution in [3.8, 4) is 0 Å². The molecule has 92 valence electrons. The number of nitrogens with zero attached hydrogens (tertiary/aromatic N) is 1. The number of aromatic nitrogens is 2. The molecule has 1 saturated carbocycles. The maximum Gasteiger partial charge on any atom is 0.271 e. The van der Waals surface area contributed by atoms with Crippen LogP contribution in [0.3, 0.4) is 0 Å². The first-order valence-corrected chi connectivity index (χ1v) is 5.68. The van der Waals surface area contributed by atoms with Gasteiger partial charge in [-0.05, 0) is 12.8 Å². The number of hydrogen-bond donors (Lipinski definition) is 3. The van der Waals surface area contributed by atoms with Crippen LogP contribution >= 0.6 is 0 Å². The molecule has 0 aliphatic heterocycles. The summed E-state index contributed by atoms with van der Waals surface area (Å²) in [5.41, 5.74) is -0.162. The Labute approximate surface area is 98.1 Å². The predicted octanol–water partition coefficient (Wildman–Crippen LogP) is -0.339. The van der Waals surface area contributed by atoms with Crippen molar-refractivity contribution in [3.63, 3.8) is 0 Å². The second kappa shape index (κ2) is 5.09. The Hall–Kier alpha value is -1.69. The van der Waals surface area contributed by atoms with Gasteiger partial charge in [0, 0.05) is 18.7 Å². The molecular weight excluding hydrogens is 222 g/mol. The highest BCUT2D eigenvalue weighted by atomic mass is 16.3. The Morgan fingerprint density at radius 2 is 2.41 bits per heavy atom. The Balaban J connectivity index is 1.89. The van der Waals surface area contributed by atoms with Gasteiger partial charge < -0.3 is 15.4 Å². The Bertz CT molecular complexity index is 437. The Morgan fingerprint density at radius 1 is 1.59 bits per heavy atom. The molecule has 6 nitrogen and oxygen atoms in total. The Kier molecular flexibility index (Phi) is 3.53. The van der Waals surface area contributed by atoms with Crippen LogP contribution in [-0.2, 0) is 0 Å². The molecule has 2 rings (SSSR count). The summed E-state index contributed by atoms with van der Waals surface area (Å²) in [5.74, 6) is -0.206. The third-order valence-electron chi connectivity index (χ3n) is 3.05. The minimum atomic E-state index is -0.340. The number of hydrogen-bond acceptors (Lipinski definition) is 4. The van der Waals surface area contributed by atoms with Crippen molar-refractivity contribution < 1.29 is 9.90 Å². The lowest BCUT2D eigenvalue weighted by atomic mass is 10.1. The fourth-order valence-corrected chi connectivity index (χ4v) is 2.04.